The van der Waals surface area contributed by atoms with Crippen LogP contribution in [-0.2, 0) is 5.60 Å². The van der Waals surface area contributed by atoms with Gasteiger partial charge in [-0.15, -0.1) is 0 Å². The molecular weight excluding hydrogens is 176 g/mol. The average Bonchev–Trinajstić information content (AvgIpc) is 2.16. The van der Waals surface area contributed by atoms with E-state index < -0.39 is 5.60 Å². The first-order chi connectivity index (χ1) is 6.42. The quantitative estimate of drug-likeness (QED) is 0.755. The van der Waals surface area contributed by atoms with Gasteiger partial charge in [0.1, 0.15) is 5.60 Å². The maximum absolute atomic E-state index is 10.4. The number of rotatable bonds is 2. The smallest absolute Gasteiger partial charge is 0.117 e. The van der Waals surface area contributed by atoms with Crippen molar-refractivity contribution < 1.29 is 10.2 Å². The molecule has 0 saturated carbocycles. The van der Waals surface area contributed by atoms with Crippen LogP contribution in [0.15, 0.2) is 30.3 Å². The summed E-state index contributed by atoms with van der Waals surface area (Å²) < 4.78 is 0. The van der Waals surface area contributed by atoms with Gasteiger partial charge in [-0.05, 0) is 11.0 Å². The van der Waals surface area contributed by atoms with E-state index in [4.69, 9.17) is 0 Å². The topological polar surface area (TPSA) is 40.5 Å². The van der Waals surface area contributed by atoms with Gasteiger partial charge >= 0.3 is 0 Å². The Hall–Kier alpha value is -0.860. The summed E-state index contributed by atoms with van der Waals surface area (Å²) in [5, 5.41) is 19.7. The number of hydrogen-bond donors (Lipinski definition) is 2. The van der Waals surface area contributed by atoms with Gasteiger partial charge in [0.15, 0.2) is 0 Å². The van der Waals surface area contributed by atoms with E-state index >= 15 is 0 Å². The number of aliphatic hydroxyl groups excluding tert-OH is 1. The van der Waals surface area contributed by atoms with Gasteiger partial charge < -0.3 is 10.2 Å². The fourth-order valence-electron chi connectivity index (χ4n) is 1.48. The molecule has 14 heavy (non-hydrogen) atoms. The van der Waals surface area contributed by atoms with Crippen molar-refractivity contribution in [3.05, 3.63) is 35.9 Å². The minimum atomic E-state index is -1.17. The van der Waals surface area contributed by atoms with E-state index in [0.29, 0.717) is 0 Å². The summed E-state index contributed by atoms with van der Waals surface area (Å²) in [7, 11) is 0. The third kappa shape index (κ3) is 1.81. The molecule has 0 aromatic heterocycles. The van der Waals surface area contributed by atoms with E-state index in [9.17, 15) is 10.2 Å². The van der Waals surface area contributed by atoms with Crippen molar-refractivity contribution in [2.24, 2.45) is 5.41 Å². The first kappa shape index (κ1) is 11.2. The Labute approximate surface area is 85.2 Å². The molecule has 2 heteroatoms. The molecule has 0 aliphatic rings. The zero-order chi connectivity index (χ0) is 10.8. The molecule has 1 unspecified atom stereocenters. The van der Waals surface area contributed by atoms with Crippen molar-refractivity contribution in [3.8, 4) is 0 Å². The molecule has 1 aromatic carbocycles. The summed E-state index contributed by atoms with van der Waals surface area (Å²) >= 11 is 0. The van der Waals surface area contributed by atoms with Gasteiger partial charge in [-0.25, -0.2) is 0 Å². The van der Waals surface area contributed by atoms with Gasteiger partial charge in [0.05, 0.1) is 6.61 Å². The maximum atomic E-state index is 10.4. The summed E-state index contributed by atoms with van der Waals surface area (Å²) in [6.45, 7) is 5.48. The lowest BCUT2D eigenvalue weighted by molar-refractivity contribution is -0.101. The lowest BCUT2D eigenvalue weighted by Crippen LogP contribution is -2.43. The van der Waals surface area contributed by atoms with Crippen molar-refractivity contribution in [1.29, 1.82) is 0 Å². The van der Waals surface area contributed by atoms with Crippen LogP contribution < -0.4 is 0 Å². The molecule has 1 aromatic rings. The SMILES string of the molecule is CC(C)(C)C(O)(CO)c1ccccc1. The zero-order valence-corrected chi connectivity index (χ0v) is 8.99. The largest absolute Gasteiger partial charge is 0.393 e. The molecule has 0 radical (unpaired) electrons. The fraction of sp³-hybridized carbons (Fsp3) is 0.500. The minimum absolute atomic E-state index is 0.263. The summed E-state index contributed by atoms with van der Waals surface area (Å²) in [4.78, 5) is 0. The van der Waals surface area contributed by atoms with Crippen LogP contribution in [0, 0.1) is 5.41 Å². The van der Waals surface area contributed by atoms with Gasteiger partial charge in [-0.2, -0.15) is 0 Å². The van der Waals surface area contributed by atoms with E-state index in [1.165, 1.54) is 0 Å². The number of benzene rings is 1. The molecule has 2 N–H and O–H groups in total. The van der Waals surface area contributed by atoms with Crippen LogP contribution in [-0.4, -0.2) is 16.8 Å². The highest BCUT2D eigenvalue weighted by molar-refractivity contribution is 5.24. The highest BCUT2D eigenvalue weighted by atomic mass is 16.3. The van der Waals surface area contributed by atoms with E-state index in [2.05, 4.69) is 0 Å². The van der Waals surface area contributed by atoms with Gasteiger partial charge in [0.2, 0.25) is 0 Å². The van der Waals surface area contributed by atoms with E-state index in [-0.39, 0.29) is 12.0 Å². The van der Waals surface area contributed by atoms with Gasteiger partial charge in [-0.1, -0.05) is 51.1 Å². The van der Waals surface area contributed by atoms with Gasteiger partial charge in [0.25, 0.3) is 0 Å². The zero-order valence-electron chi connectivity index (χ0n) is 8.99. The Balaban J connectivity index is 3.15. The van der Waals surface area contributed by atoms with E-state index in [1.54, 1.807) is 0 Å². The number of hydrogen-bond acceptors (Lipinski definition) is 2. The van der Waals surface area contributed by atoms with Crippen molar-refractivity contribution in [1.82, 2.24) is 0 Å². The first-order valence-corrected chi connectivity index (χ1v) is 4.80. The van der Waals surface area contributed by atoms with Crippen LogP contribution in [0.5, 0.6) is 0 Å². The van der Waals surface area contributed by atoms with Crippen LogP contribution in [0.1, 0.15) is 26.3 Å². The lowest BCUT2D eigenvalue weighted by Gasteiger charge is -2.39. The Morgan fingerprint density at radius 3 is 1.93 bits per heavy atom. The third-order valence-electron chi connectivity index (χ3n) is 2.72. The predicted molar refractivity (Wildman–Crippen MR) is 56.9 cm³/mol. The minimum Gasteiger partial charge on any atom is -0.393 e. The second kappa shape index (κ2) is 3.71. The lowest BCUT2D eigenvalue weighted by atomic mass is 9.73. The predicted octanol–water partition coefficient (Wildman–Crippen LogP) is 1.91. The van der Waals surface area contributed by atoms with Gasteiger partial charge in [0, 0.05) is 0 Å². The fourth-order valence-corrected chi connectivity index (χ4v) is 1.48. The van der Waals surface area contributed by atoms with Crippen molar-refractivity contribution in [3.63, 3.8) is 0 Å². The van der Waals surface area contributed by atoms with E-state index in [0.717, 1.165) is 5.56 Å². The second-order valence-electron chi connectivity index (χ2n) is 4.63. The van der Waals surface area contributed by atoms with E-state index in [1.807, 2.05) is 51.1 Å². The molecule has 0 heterocycles. The third-order valence-corrected chi connectivity index (χ3v) is 2.72. The number of aliphatic hydroxyl groups is 2. The average molecular weight is 194 g/mol. The van der Waals surface area contributed by atoms with Crippen molar-refractivity contribution in [2.45, 2.75) is 26.4 Å². The van der Waals surface area contributed by atoms with Gasteiger partial charge in [-0.3, -0.25) is 0 Å². The molecular formula is C12H18O2. The Bertz CT molecular complexity index is 287. The first-order valence-electron chi connectivity index (χ1n) is 4.80. The monoisotopic (exact) mass is 194 g/mol. The summed E-state index contributed by atoms with van der Waals surface area (Å²) in [5.74, 6) is 0. The van der Waals surface area contributed by atoms with Crippen LogP contribution >= 0.6 is 0 Å². The Morgan fingerprint density at radius 2 is 1.57 bits per heavy atom. The van der Waals surface area contributed by atoms with Crippen LogP contribution in [0.25, 0.3) is 0 Å². The molecule has 0 spiro atoms. The molecule has 0 bridgehead atoms. The van der Waals surface area contributed by atoms with Crippen LogP contribution in [0.4, 0.5) is 0 Å². The molecule has 0 aliphatic carbocycles. The summed E-state index contributed by atoms with van der Waals surface area (Å²) in [6, 6.07) is 9.29. The molecule has 1 atom stereocenters. The van der Waals surface area contributed by atoms with Crippen LogP contribution in [0.3, 0.4) is 0 Å². The molecule has 0 fully saturated rings. The molecule has 0 aliphatic heterocycles. The van der Waals surface area contributed by atoms with Crippen molar-refractivity contribution >= 4 is 0 Å². The molecule has 1 rings (SSSR count). The maximum Gasteiger partial charge on any atom is 0.117 e. The summed E-state index contributed by atoms with van der Waals surface area (Å²) in [6.07, 6.45) is 0. The normalized spacial score (nSPS) is 16.4. The second-order valence-corrected chi connectivity index (χ2v) is 4.63. The highest BCUT2D eigenvalue weighted by Crippen LogP contribution is 2.38. The summed E-state index contributed by atoms with van der Waals surface area (Å²) in [5.41, 5.74) is -0.799. The van der Waals surface area contributed by atoms with Crippen LogP contribution in [0.2, 0.25) is 0 Å². The molecule has 0 saturated heterocycles. The van der Waals surface area contributed by atoms with Crippen molar-refractivity contribution in [2.75, 3.05) is 6.61 Å². The molecule has 78 valence electrons. The standard InChI is InChI=1S/C12H18O2/c1-11(2,3)12(14,9-13)10-7-5-4-6-8-10/h4-8,13-14H,9H2,1-3H3. The molecule has 0 amide bonds. The Morgan fingerprint density at radius 1 is 1.07 bits per heavy atom. The Kier molecular flexibility index (Phi) is 2.98. The molecule has 2 nitrogen and oxygen atoms in total. The highest BCUT2D eigenvalue weighted by Gasteiger charge is 2.40.